The van der Waals surface area contributed by atoms with Crippen molar-refractivity contribution in [1.29, 1.82) is 0 Å². The van der Waals surface area contributed by atoms with Gasteiger partial charge in [0.05, 0.1) is 5.39 Å². The minimum absolute atomic E-state index is 0.136. The first-order chi connectivity index (χ1) is 13.4. The predicted molar refractivity (Wildman–Crippen MR) is 99.1 cm³/mol. The van der Waals surface area contributed by atoms with E-state index in [2.05, 4.69) is 0 Å². The number of hydrogen-bond donors (Lipinski definition) is 0. The minimum Gasteiger partial charge on any atom is -0.550 e. The molecule has 7 nitrogen and oxygen atoms in total. The van der Waals surface area contributed by atoms with Crippen LogP contribution in [-0.2, 0) is 22.4 Å². The van der Waals surface area contributed by atoms with Crippen molar-refractivity contribution in [2.45, 2.75) is 39.0 Å². The Balaban J connectivity index is 1.54. The van der Waals surface area contributed by atoms with Crippen LogP contribution in [-0.4, -0.2) is 36.5 Å². The molecule has 1 fully saturated rings. The van der Waals surface area contributed by atoms with Crippen molar-refractivity contribution in [3.05, 3.63) is 39.2 Å². The molecule has 0 saturated carbocycles. The number of fused-ring (bicyclic) bond motifs is 3. The van der Waals surface area contributed by atoms with Crippen LogP contribution < -0.4 is 15.5 Å². The van der Waals surface area contributed by atoms with Crippen LogP contribution in [0.4, 0.5) is 0 Å². The predicted octanol–water partition coefficient (Wildman–Crippen LogP) is 0.957. The average Bonchev–Trinajstić information content (AvgIpc) is 3.16. The summed E-state index contributed by atoms with van der Waals surface area (Å²) in [5.74, 6) is -1.17. The highest BCUT2D eigenvalue weighted by molar-refractivity contribution is 5.89. The maximum atomic E-state index is 12.5. The van der Waals surface area contributed by atoms with Gasteiger partial charge in [-0.05, 0) is 62.3 Å². The van der Waals surface area contributed by atoms with Gasteiger partial charge in [-0.3, -0.25) is 4.79 Å². The normalized spacial score (nSPS) is 17.0. The fourth-order valence-corrected chi connectivity index (χ4v) is 4.21. The van der Waals surface area contributed by atoms with Crippen molar-refractivity contribution < 1.29 is 23.8 Å². The molecule has 0 spiro atoms. The number of aliphatic carboxylic acids is 1. The summed E-state index contributed by atoms with van der Waals surface area (Å²) >= 11 is 0. The largest absolute Gasteiger partial charge is 0.550 e. The number of carbonyl (C=O) groups excluding carboxylic acids is 2. The summed E-state index contributed by atoms with van der Waals surface area (Å²) in [5.41, 5.74) is 2.75. The van der Waals surface area contributed by atoms with Crippen molar-refractivity contribution >= 4 is 22.8 Å². The summed E-state index contributed by atoms with van der Waals surface area (Å²) < 4.78 is 11.4. The van der Waals surface area contributed by atoms with Crippen LogP contribution >= 0.6 is 0 Å². The summed E-state index contributed by atoms with van der Waals surface area (Å²) in [4.78, 5) is 37.3. The first-order valence-corrected chi connectivity index (χ1v) is 9.64. The molecule has 1 aromatic heterocycles. The Morgan fingerprint density at radius 3 is 2.64 bits per heavy atom. The number of likely N-dealkylation sites (tertiary alicyclic amines) is 1. The number of nitrogens with zero attached hydrogens (tertiary/aromatic N) is 1. The number of ether oxygens (including phenoxy) is 1. The zero-order valence-electron chi connectivity index (χ0n) is 15.8. The fourth-order valence-electron chi connectivity index (χ4n) is 4.21. The van der Waals surface area contributed by atoms with Crippen LogP contribution in [0.3, 0.4) is 0 Å². The number of rotatable bonds is 4. The molecule has 1 saturated heterocycles. The number of aryl methyl sites for hydroxylation is 2. The molecule has 0 N–H and O–H groups in total. The highest BCUT2D eigenvalue weighted by atomic mass is 16.5. The van der Waals surface area contributed by atoms with Gasteiger partial charge in [0, 0.05) is 30.5 Å². The van der Waals surface area contributed by atoms with E-state index in [1.54, 1.807) is 4.90 Å². The topological polar surface area (TPSA) is 99.9 Å². The van der Waals surface area contributed by atoms with Crippen molar-refractivity contribution in [3.63, 3.8) is 0 Å². The van der Waals surface area contributed by atoms with Gasteiger partial charge < -0.3 is 24.0 Å². The first-order valence-electron chi connectivity index (χ1n) is 9.64. The Labute approximate surface area is 161 Å². The summed E-state index contributed by atoms with van der Waals surface area (Å²) in [7, 11) is 0. The third kappa shape index (κ3) is 3.37. The molecule has 4 rings (SSSR count). The molecule has 2 heterocycles. The fraction of sp³-hybridized carbons (Fsp3) is 0.476. The lowest BCUT2D eigenvalue weighted by atomic mass is 9.97. The van der Waals surface area contributed by atoms with Crippen LogP contribution in [0.15, 0.2) is 21.3 Å². The average molecular weight is 384 g/mol. The van der Waals surface area contributed by atoms with Crippen molar-refractivity contribution in [2.24, 2.45) is 5.92 Å². The molecule has 1 aliphatic carbocycles. The quantitative estimate of drug-likeness (QED) is 0.728. The van der Waals surface area contributed by atoms with Gasteiger partial charge in [-0.25, -0.2) is 4.79 Å². The van der Waals surface area contributed by atoms with E-state index in [4.69, 9.17) is 9.15 Å². The SMILES string of the molecule is Cc1cc(OCC(=O)N2CCC(C(=O)[O-])CC2)c2c3c(c(=O)oc2c1)CCC3. The molecule has 0 unspecified atom stereocenters. The molecule has 148 valence electrons. The molecule has 1 aliphatic heterocycles. The molecule has 0 atom stereocenters. The molecule has 28 heavy (non-hydrogen) atoms. The van der Waals surface area contributed by atoms with Gasteiger partial charge in [-0.1, -0.05) is 0 Å². The standard InChI is InChI=1S/C21H23NO6/c1-12-9-16(19-14-3-2-4-15(14)21(26)28-17(19)10-12)27-11-18(23)22-7-5-13(6-8-22)20(24)25/h9-10,13H,2-8,11H2,1H3,(H,24,25)/p-1. The summed E-state index contributed by atoms with van der Waals surface area (Å²) in [5, 5.41) is 11.7. The highest BCUT2D eigenvalue weighted by Gasteiger charge is 2.25. The van der Waals surface area contributed by atoms with Gasteiger partial charge in [0.2, 0.25) is 0 Å². The third-order valence-electron chi connectivity index (χ3n) is 5.71. The van der Waals surface area contributed by atoms with E-state index in [9.17, 15) is 19.5 Å². The van der Waals surface area contributed by atoms with Crippen LogP contribution in [0, 0.1) is 12.8 Å². The van der Waals surface area contributed by atoms with Gasteiger partial charge in [-0.15, -0.1) is 0 Å². The number of hydrogen-bond acceptors (Lipinski definition) is 6. The van der Waals surface area contributed by atoms with Gasteiger partial charge in [0.1, 0.15) is 11.3 Å². The lowest BCUT2D eigenvalue weighted by Gasteiger charge is -2.32. The molecular formula is C21H22NO6-. The number of benzene rings is 1. The van der Waals surface area contributed by atoms with Crippen LogP contribution in [0.5, 0.6) is 5.75 Å². The Morgan fingerprint density at radius 2 is 1.93 bits per heavy atom. The Hall–Kier alpha value is -2.83. The van der Waals surface area contributed by atoms with Gasteiger partial charge in [0.15, 0.2) is 6.61 Å². The van der Waals surface area contributed by atoms with Gasteiger partial charge in [0.25, 0.3) is 5.91 Å². The molecule has 0 radical (unpaired) electrons. The van der Waals surface area contributed by atoms with Crippen molar-refractivity contribution in [1.82, 2.24) is 4.90 Å². The van der Waals surface area contributed by atoms with Crippen molar-refractivity contribution in [3.8, 4) is 5.75 Å². The Kier molecular flexibility index (Phi) is 4.83. The lowest BCUT2D eigenvalue weighted by Crippen LogP contribution is -2.45. The zero-order chi connectivity index (χ0) is 19.8. The van der Waals surface area contributed by atoms with E-state index in [-0.39, 0.29) is 18.1 Å². The molecule has 0 bridgehead atoms. The van der Waals surface area contributed by atoms with Crippen LogP contribution in [0.2, 0.25) is 0 Å². The molecule has 2 aliphatic rings. The molecule has 2 aromatic rings. The number of carboxylic acid groups (broad SMARTS) is 1. The number of carboxylic acids is 1. The van der Waals surface area contributed by atoms with E-state index in [0.717, 1.165) is 29.4 Å². The van der Waals surface area contributed by atoms with E-state index in [1.807, 2.05) is 19.1 Å². The number of amides is 1. The highest BCUT2D eigenvalue weighted by Crippen LogP contribution is 2.35. The van der Waals surface area contributed by atoms with E-state index in [1.165, 1.54) is 0 Å². The first kappa shape index (κ1) is 18.5. The third-order valence-corrected chi connectivity index (χ3v) is 5.71. The van der Waals surface area contributed by atoms with Crippen molar-refractivity contribution in [2.75, 3.05) is 19.7 Å². The maximum absolute atomic E-state index is 12.5. The molecule has 1 aromatic carbocycles. The van der Waals surface area contributed by atoms with Gasteiger partial charge in [-0.2, -0.15) is 0 Å². The Bertz CT molecular complexity index is 1000. The number of carbonyl (C=O) groups is 2. The second-order valence-electron chi connectivity index (χ2n) is 7.60. The second kappa shape index (κ2) is 7.30. The van der Waals surface area contributed by atoms with Crippen LogP contribution in [0.25, 0.3) is 11.0 Å². The van der Waals surface area contributed by atoms with E-state index < -0.39 is 11.9 Å². The monoisotopic (exact) mass is 384 g/mol. The summed E-state index contributed by atoms with van der Waals surface area (Å²) in [6, 6.07) is 3.67. The van der Waals surface area contributed by atoms with Gasteiger partial charge >= 0.3 is 5.63 Å². The lowest BCUT2D eigenvalue weighted by molar-refractivity contribution is -0.312. The number of piperidine rings is 1. The van der Waals surface area contributed by atoms with E-state index >= 15 is 0 Å². The maximum Gasteiger partial charge on any atom is 0.339 e. The van der Waals surface area contributed by atoms with E-state index in [0.29, 0.717) is 49.2 Å². The molecule has 1 amide bonds. The summed E-state index contributed by atoms with van der Waals surface area (Å²) in [6.45, 7) is 2.52. The second-order valence-corrected chi connectivity index (χ2v) is 7.60. The minimum atomic E-state index is -1.05. The Morgan fingerprint density at radius 1 is 1.21 bits per heavy atom. The van der Waals surface area contributed by atoms with Crippen LogP contribution in [0.1, 0.15) is 36.0 Å². The zero-order valence-corrected chi connectivity index (χ0v) is 15.8. The summed E-state index contributed by atoms with van der Waals surface area (Å²) in [6.07, 6.45) is 3.20. The molecule has 7 heteroatoms. The smallest absolute Gasteiger partial charge is 0.339 e. The molecular weight excluding hydrogens is 362 g/mol.